The molecule has 4 N–H and O–H groups in total. The second-order valence-corrected chi connectivity index (χ2v) is 15.1. The van der Waals surface area contributed by atoms with Crippen molar-refractivity contribution in [1.29, 1.82) is 0 Å². The Bertz CT molecular complexity index is 1740. The van der Waals surface area contributed by atoms with Gasteiger partial charge in [0, 0.05) is 35.0 Å². The molecule has 2 aromatic carbocycles. The fourth-order valence-electron chi connectivity index (χ4n) is 5.47. The number of carbonyl (C=O) groups excluding carboxylic acids is 4. The highest BCUT2D eigenvalue weighted by atomic mass is 35.5. The van der Waals surface area contributed by atoms with Crippen LogP contribution >= 0.6 is 11.6 Å². The molecular weight excluding hydrogens is 780 g/mol. The standard InChI is InChI=1S/C49H65ClN2O8/c1-4-5-6-7-8-9-10-11-12-13-14-15-16-17-18-19-20-21-22-26-45(55)51-35-24-23-25-44(47(57)59-38-39(36-53)37-54)52-48(58)49(2,3)60-43-33-29-41(30-34-43)46(56)40-27-31-42(50)32-28-40/h5-6,8-9,11-12,14-15,17-18,20-21,27-34,39,44,53-54H,4,7,10,13,16,19,22-26,35-38H2,1-3H3,(H,51,55)(H,52,58). The molecule has 2 aromatic rings. The zero-order chi connectivity index (χ0) is 43.9. The molecule has 0 spiro atoms. The molecule has 326 valence electrons. The lowest BCUT2D eigenvalue weighted by Crippen LogP contribution is -2.52. The van der Waals surface area contributed by atoms with Crippen molar-refractivity contribution < 1.29 is 38.9 Å². The normalized spacial score (nSPS) is 12.8. The van der Waals surface area contributed by atoms with Crippen LogP contribution in [-0.2, 0) is 19.1 Å². The third-order valence-electron chi connectivity index (χ3n) is 9.09. The van der Waals surface area contributed by atoms with Gasteiger partial charge in [0.2, 0.25) is 5.91 Å². The van der Waals surface area contributed by atoms with E-state index in [4.69, 9.17) is 21.1 Å². The fourth-order valence-corrected chi connectivity index (χ4v) is 5.60. The maximum absolute atomic E-state index is 13.4. The van der Waals surface area contributed by atoms with E-state index in [1.807, 2.05) is 12.2 Å². The summed E-state index contributed by atoms with van der Waals surface area (Å²) in [7, 11) is 0. The van der Waals surface area contributed by atoms with Crippen molar-refractivity contribution in [2.45, 2.75) is 103 Å². The molecule has 0 aliphatic carbocycles. The van der Waals surface area contributed by atoms with Gasteiger partial charge in [0.25, 0.3) is 5.91 Å². The van der Waals surface area contributed by atoms with Gasteiger partial charge in [0.1, 0.15) is 11.8 Å². The minimum Gasteiger partial charge on any atom is -0.478 e. The van der Waals surface area contributed by atoms with Crippen molar-refractivity contribution in [2.75, 3.05) is 26.4 Å². The minimum atomic E-state index is -1.42. The molecule has 0 saturated heterocycles. The molecule has 1 unspecified atom stereocenters. The number of allylic oxidation sites excluding steroid dienone is 12. The SMILES string of the molecule is CCC=CCC=CCC=CCC=CCC=CCC=CCCC(=O)NCCCCC(NC(=O)C(C)(C)Oc1ccc(C(=O)c2ccc(Cl)cc2)cc1)C(=O)OCC(CO)CO. The topological polar surface area (TPSA) is 151 Å². The van der Waals surface area contributed by atoms with E-state index >= 15 is 0 Å². The molecule has 0 aliphatic rings. The number of aliphatic hydroxyl groups is 2. The van der Waals surface area contributed by atoms with E-state index in [-0.39, 0.29) is 37.9 Å². The van der Waals surface area contributed by atoms with Gasteiger partial charge in [-0.1, -0.05) is 91.4 Å². The zero-order valence-corrected chi connectivity index (χ0v) is 36.3. The highest BCUT2D eigenvalue weighted by Gasteiger charge is 2.34. The van der Waals surface area contributed by atoms with Crippen LogP contribution < -0.4 is 15.4 Å². The Morgan fingerprint density at radius 3 is 1.73 bits per heavy atom. The average Bonchev–Trinajstić information content (AvgIpc) is 3.24. The van der Waals surface area contributed by atoms with E-state index in [1.165, 1.54) is 0 Å². The van der Waals surface area contributed by atoms with Crippen molar-refractivity contribution in [3.05, 3.63) is 138 Å². The van der Waals surface area contributed by atoms with Crippen LogP contribution in [0, 0.1) is 5.92 Å². The van der Waals surface area contributed by atoms with Crippen LogP contribution in [0.2, 0.25) is 5.02 Å². The first kappa shape index (κ1) is 51.1. The summed E-state index contributed by atoms with van der Waals surface area (Å²) in [5.41, 5.74) is -0.509. The third kappa shape index (κ3) is 22.4. The van der Waals surface area contributed by atoms with Crippen LogP contribution in [0.1, 0.15) is 107 Å². The summed E-state index contributed by atoms with van der Waals surface area (Å²) in [5.74, 6) is -1.86. The molecule has 11 heteroatoms. The lowest BCUT2D eigenvalue weighted by Gasteiger charge is -2.28. The number of ketones is 1. The van der Waals surface area contributed by atoms with E-state index in [1.54, 1.807) is 62.4 Å². The van der Waals surface area contributed by atoms with E-state index < -0.39 is 29.4 Å². The van der Waals surface area contributed by atoms with Gasteiger partial charge in [0.05, 0.1) is 19.8 Å². The van der Waals surface area contributed by atoms with Crippen molar-refractivity contribution in [2.24, 2.45) is 5.92 Å². The van der Waals surface area contributed by atoms with Crippen LogP contribution in [0.15, 0.2) is 121 Å². The van der Waals surface area contributed by atoms with Gasteiger partial charge in [-0.25, -0.2) is 4.79 Å². The Hall–Kier alpha value is -5.03. The van der Waals surface area contributed by atoms with Gasteiger partial charge in [-0.3, -0.25) is 14.4 Å². The number of amides is 2. The van der Waals surface area contributed by atoms with E-state index in [9.17, 15) is 29.4 Å². The smallest absolute Gasteiger partial charge is 0.328 e. The Morgan fingerprint density at radius 2 is 1.22 bits per heavy atom. The number of aliphatic hydroxyl groups excluding tert-OH is 2. The third-order valence-corrected chi connectivity index (χ3v) is 9.34. The van der Waals surface area contributed by atoms with Crippen molar-refractivity contribution in [3.8, 4) is 5.75 Å². The van der Waals surface area contributed by atoms with E-state index in [0.29, 0.717) is 54.1 Å². The molecule has 0 fully saturated rings. The monoisotopic (exact) mass is 844 g/mol. The number of hydrogen-bond acceptors (Lipinski definition) is 8. The van der Waals surface area contributed by atoms with Crippen molar-refractivity contribution in [1.82, 2.24) is 10.6 Å². The molecule has 0 radical (unpaired) electrons. The number of carbonyl (C=O) groups is 4. The number of hydrogen-bond donors (Lipinski definition) is 4. The van der Waals surface area contributed by atoms with Crippen LogP contribution in [0.25, 0.3) is 0 Å². The van der Waals surface area contributed by atoms with Crippen LogP contribution in [-0.4, -0.2) is 71.8 Å². The summed E-state index contributed by atoms with van der Waals surface area (Å²) in [6, 6.07) is 11.9. The number of benzene rings is 2. The Kier molecular flexibility index (Phi) is 26.3. The molecule has 60 heavy (non-hydrogen) atoms. The molecule has 0 saturated carbocycles. The molecule has 0 aromatic heterocycles. The zero-order valence-electron chi connectivity index (χ0n) is 35.5. The van der Waals surface area contributed by atoms with Crippen molar-refractivity contribution >= 4 is 35.2 Å². The maximum atomic E-state index is 13.4. The van der Waals surface area contributed by atoms with Gasteiger partial charge in [-0.15, -0.1) is 0 Å². The number of esters is 1. The Labute approximate surface area is 362 Å². The second kappa shape index (κ2) is 30.9. The lowest BCUT2D eigenvalue weighted by molar-refractivity contribution is -0.152. The highest BCUT2D eigenvalue weighted by Crippen LogP contribution is 2.22. The maximum Gasteiger partial charge on any atom is 0.328 e. The number of ether oxygens (including phenoxy) is 2. The summed E-state index contributed by atoms with van der Waals surface area (Å²) >= 11 is 5.94. The average molecular weight is 846 g/mol. The first-order chi connectivity index (χ1) is 29.0. The van der Waals surface area contributed by atoms with Crippen LogP contribution in [0.5, 0.6) is 5.75 Å². The fraction of sp³-hybridized carbons (Fsp3) is 0.429. The van der Waals surface area contributed by atoms with Crippen LogP contribution in [0.4, 0.5) is 0 Å². The molecule has 0 heterocycles. The van der Waals surface area contributed by atoms with E-state index in [0.717, 1.165) is 38.5 Å². The highest BCUT2D eigenvalue weighted by molar-refractivity contribution is 6.30. The summed E-state index contributed by atoms with van der Waals surface area (Å²) in [6.07, 6.45) is 33.6. The molecule has 2 amide bonds. The quantitative estimate of drug-likeness (QED) is 0.0263. The number of rotatable bonds is 30. The molecule has 2 rings (SSSR count). The number of nitrogens with one attached hydrogen (secondary N) is 2. The predicted octanol–water partition coefficient (Wildman–Crippen LogP) is 9.12. The summed E-state index contributed by atoms with van der Waals surface area (Å²) < 4.78 is 11.3. The predicted molar refractivity (Wildman–Crippen MR) is 241 cm³/mol. The summed E-state index contributed by atoms with van der Waals surface area (Å²) in [5, 5.41) is 25.0. The van der Waals surface area contributed by atoms with Gasteiger partial charge in [-0.2, -0.15) is 0 Å². The van der Waals surface area contributed by atoms with Gasteiger partial charge in [-0.05, 0) is 127 Å². The lowest BCUT2D eigenvalue weighted by atomic mass is 10.0. The minimum absolute atomic E-state index is 0.0703. The molecule has 0 bridgehead atoms. The number of unbranched alkanes of at least 4 members (excludes halogenated alkanes) is 1. The Morgan fingerprint density at radius 1 is 0.717 bits per heavy atom. The molecule has 0 aliphatic heterocycles. The second-order valence-electron chi connectivity index (χ2n) is 14.7. The first-order valence-corrected chi connectivity index (χ1v) is 21.3. The largest absolute Gasteiger partial charge is 0.478 e. The first-order valence-electron chi connectivity index (χ1n) is 21.0. The van der Waals surface area contributed by atoms with Crippen LogP contribution in [0.3, 0.4) is 0 Å². The van der Waals surface area contributed by atoms with Crippen molar-refractivity contribution in [3.63, 3.8) is 0 Å². The number of halogens is 1. The van der Waals surface area contributed by atoms with E-state index in [2.05, 4.69) is 78.3 Å². The van der Waals surface area contributed by atoms with Gasteiger partial charge in [0.15, 0.2) is 11.4 Å². The van der Waals surface area contributed by atoms with Gasteiger partial charge >= 0.3 is 5.97 Å². The molecule has 10 nitrogen and oxygen atoms in total. The molecule has 1 atom stereocenters. The summed E-state index contributed by atoms with van der Waals surface area (Å²) in [4.78, 5) is 51.8. The van der Waals surface area contributed by atoms with Gasteiger partial charge < -0.3 is 30.3 Å². The Balaban J connectivity index is 1.75. The molecular formula is C49H65ClN2O8. The summed E-state index contributed by atoms with van der Waals surface area (Å²) in [6.45, 7) is 4.70.